The van der Waals surface area contributed by atoms with E-state index in [1.807, 2.05) is 0 Å². The first-order valence-corrected chi connectivity index (χ1v) is 7.39. The van der Waals surface area contributed by atoms with Crippen LogP contribution >= 0.6 is 0 Å². The highest BCUT2D eigenvalue weighted by Crippen LogP contribution is 2.47. The summed E-state index contributed by atoms with van der Waals surface area (Å²) in [6, 6.07) is 5.50. The molecular formula is C17H19FO6. The molecule has 1 fully saturated rings. The molecule has 0 unspecified atom stereocenters. The van der Waals surface area contributed by atoms with Crippen LogP contribution in [-0.4, -0.2) is 42.6 Å². The summed E-state index contributed by atoms with van der Waals surface area (Å²) in [5, 5.41) is 10.6. The predicted molar refractivity (Wildman–Crippen MR) is 80.4 cm³/mol. The number of methoxy groups -OCH3 is 2. The zero-order chi connectivity index (χ0) is 18.1. The summed E-state index contributed by atoms with van der Waals surface area (Å²) in [6.45, 7) is 1.30. The van der Waals surface area contributed by atoms with Gasteiger partial charge in [-0.3, -0.25) is 14.4 Å². The molecule has 2 rings (SSSR count). The highest BCUT2D eigenvalue weighted by Gasteiger charge is 2.57. The Hall–Kier alpha value is -2.28. The molecule has 1 aromatic rings. The maximum absolute atomic E-state index is 14.3. The van der Waals surface area contributed by atoms with Gasteiger partial charge in [-0.1, -0.05) is 18.2 Å². The van der Waals surface area contributed by atoms with Crippen LogP contribution < -0.4 is 0 Å². The average Bonchev–Trinajstić information content (AvgIpc) is 2.52. The zero-order valence-corrected chi connectivity index (χ0v) is 13.6. The maximum atomic E-state index is 14.3. The van der Waals surface area contributed by atoms with Gasteiger partial charge in [0, 0.05) is 12.3 Å². The first-order chi connectivity index (χ1) is 11.2. The Morgan fingerprint density at radius 2 is 1.79 bits per heavy atom. The third-order valence-electron chi connectivity index (χ3n) is 4.44. The molecule has 6 nitrogen and oxygen atoms in total. The third-order valence-corrected chi connectivity index (χ3v) is 4.44. The quantitative estimate of drug-likeness (QED) is 0.658. The van der Waals surface area contributed by atoms with Crippen LogP contribution in [0.3, 0.4) is 0 Å². The molecule has 0 spiro atoms. The Kier molecular flexibility index (Phi) is 5.03. The van der Waals surface area contributed by atoms with Crippen molar-refractivity contribution in [3.8, 4) is 0 Å². The minimum Gasteiger partial charge on any atom is -0.469 e. The highest BCUT2D eigenvalue weighted by molar-refractivity contribution is 6.02. The van der Waals surface area contributed by atoms with Crippen molar-refractivity contribution >= 4 is 17.7 Å². The zero-order valence-electron chi connectivity index (χ0n) is 13.6. The van der Waals surface area contributed by atoms with Crippen molar-refractivity contribution in [2.24, 2.45) is 11.8 Å². The van der Waals surface area contributed by atoms with Crippen LogP contribution in [0, 0.1) is 17.7 Å². The van der Waals surface area contributed by atoms with Crippen molar-refractivity contribution in [3.05, 3.63) is 35.6 Å². The normalized spacial score (nSPS) is 29.9. The second-order valence-corrected chi connectivity index (χ2v) is 6.05. The molecule has 0 bridgehead atoms. The number of hydrogen-bond acceptors (Lipinski definition) is 6. The lowest BCUT2D eigenvalue weighted by Gasteiger charge is -2.43. The molecule has 1 aromatic carbocycles. The van der Waals surface area contributed by atoms with Gasteiger partial charge in [0.25, 0.3) is 0 Å². The van der Waals surface area contributed by atoms with Gasteiger partial charge >= 0.3 is 11.9 Å². The Morgan fingerprint density at radius 3 is 2.33 bits per heavy atom. The van der Waals surface area contributed by atoms with Crippen LogP contribution in [0.2, 0.25) is 0 Å². The number of ether oxygens (including phenoxy) is 2. The van der Waals surface area contributed by atoms with Gasteiger partial charge in [-0.05, 0) is 18.6 Å². The number of rotatable bonds is 3. The van der Waals surface area contributed by atoms with Crippen LogP contribution in [0.15, 0.2) is 24.3 Å². The van der Waals surface area contributed by atoms with E-state index in [1.165, 1.54) is 25.1 Å². The van der Waals surface area contributed by atoms with E-state index in [-0.39, 0.29) is 5.56 Å². The van der Waals surface area contributed by atoms with Crippen molar-refractivity contribution in [1.82, 2.24) is 0 Å². The van der Waals surface area contributed by atoms with Crippen LogP contribution in [0.1, 0.15) is 24.8 Å². The SMILES string of the molecule is COC(=O)[C@@H]1C(=O)C[C@](C)(O)[C@@H](C(=O)OC)[C@H]1c1ccccc1F. The fourth-order valence-electron chi connectivity index (χ4n) is 3.39. The lowest BCUT2D eigenvalue weighted by molar-refractivity contribution is -0.170. The second-order valence-electron chi connectivity index (χ2n) is 6.05. The van der Waals surface area contributed by atoms with E-state index in [9.17, 15) is 23.9 Å². The van der Waals surface area contributed by atoms with Crippen molar-refractivity contribution in [2.45, 2.75) is 24.9 Å². The molecule has 0 heterocycles. The summed E-state index contributed by atoms with van der Waals surface area (Å²) >= 11 is 0. The first kappa shape index (κ1) is 18.1. The van der Waals surface area contributed by atoms with Gasteiger partial charge in [0.1, 0.15) is 11.7 Å². The second kappa shape index (κ2) is 6.68. The average molecular weight is 338 g/mol. The van der Waals surface area contributed by atoms with E-state index in [1.54, 1.807) is 0 Å². The van der Waals surface area contributed by atoms with E-state index >= 15 is 0 Å². The molecule has 4 atom stereocenters. The minimum absolute atomic E-state index is 0.0170. The van der Waals surface area contributed by atoms with Gasteiger partial charge in [0.2, 0.25) is 0 Å². The van der Waals surface area contributed by atoms with E-state index in [4.69, 9.17) is 4.74 Å². The summed E-state index contributed by atoms with van der Waals surface area (Å²) in [4.78, 5) is 36.8. The molecular weight excluding hydrogens is 319 g/mol. The number of carbonyl (C=O) groups excluding carboxylic acids is 3. The van der Waals surface area contributed by atoms with Crippen molar-refractivity contribution in [1.29, 1.82) is 0 Å². The summed E-state index contributed by atoms with van der Waals surface area (Å²) in [5.41, 5.74) is -1.79. The Labute approximate surface area is 138 Å². The standard InChI is InChI=1S/C17H19FO6/c1-17(22)8-11(19)13(15(20)23-2)12(14(17)16(21)24-3)9-6-4-5-7-10(9)18/h4-7,12-14,22H,8H2,1-3H3/t12-,13+,14+,17-/m0/s1. The maximum Gasteiger partial charge on any atom is 0.316 e. The molecule has 7 heteroatoms. The molecule has 0 radical (unpaired) electrons. The van der Waals surface area contributed by atoms with E-state index < -0.39 is 53.3 Å². The number of aliphatic hydroxyl groups is 1. The molecule has 24 heavy (non-hydrogen) atoms. The summed E-state index contributed by atoms with van der Waals surface area (Å²) < 4.78 is 23.7. The van der Waals surface area contributed by atoms with E-state index in [0.29, 0.717) is 0 Å². The van der Waals surface area contributed by atoms with Crippen LogP contribution in [0.25, 0.3) is 0 Å². The fourth-order valence-corrected chi connectivity index (χ4v) is 3.39. The Bertz CT molecular complexity index is 669. The van der Waals surface area contributed by atoms with Crippen molar-refractivity contribution in [2.75, 3.05) is 14.2 Å². The molecule has 1 N–H and O–H groups in total. The van der Waals surface area contributed by atoms with Gasteiger partial charge in [-0.2, -0.15) is 0 Å². The minimum atomic E-state index is -1.78. The molecule has 1 aliphatic carbocycles. The Morgan fingerprint density at radius 1 is 1.21 bits per heavy atom. The monoisotopic (exact) mass is 338 g/mol. The van der Waals surface area contributed by atoms with Gasteiger partial charge in [0.15, 0.2) is 5.78 Å². The number of esters is 2. The molecule has 1 aliphatic rings. The first-order valence-electron chi connectivity index (χ1n) is 7.39. The van der Waals surface area contributed by atoms with E-state index in [0.717, 1.165) is 20.3 Å². The molecule has 0 amide bonds. The molecule has 0 aliphatic heterocycles. The smallest absolute Gasteiger partial charge is 0.316 e. The molecule has 0 saturated heterocycles. The molecule has 0 aromatic heterocycles. The van der Waals surface area contributed by atoms with Gasteiger partial charge < -0.3 is 14.6 Å². The lowest BCUT2D eigenvalue weighted by atomic mass is 9.61. The number of halogens is 1. The number of benzene rings is 1. The summed E-state index contributed by atoms with van der Waals surface area (Å²) in [7, 11) is 2.23. The van der Waals surface area contributed by atoms with Gasteiger partial charge in [-0.25, -0.2) is 4.39 Å². The predicted octanol–water partition coefficient (Wildman–Crippen LogP) is 1.21. The third kappa shape index (κ3) is 3.03. The van der Waals surface area contributed by atoms with Crippen LogP contribution in [-0.2, 0) is 23.9 Å². The fraction of sp³-hybridized carbons (Fsp3) is 0.471. The number of ketones is 1. The molecule has 1 saturated carbocycles. The molecule has 130 valence electrons. The number of Topliss-reactive ketones (excluding diaryl/α,β-unsaturated/α-hetero) is 1. The van der Waals surface area contributed by atoms with Crippen LogP contribution in [0.4, 0.5) is 4.39 Å². The lowest BCUT2D eigenvalue weighted by Crippen LogP contribution is -2.55. The van der Waals surface area contributed by atoms with E-state index in [2.05, 4.69) is 4.74 Å². The highest BCUT2D eigenvalue weighted by atomic mass is 19.1. The topological polar surface area (TPSA) is 89.9 Å². The summed E-state index contributed by atoms with van der Waals surface area (Å²) in [6.07, 6.45) is -0.433. The largest absolute Gasteiger partial charge is 0.469 e. The van der Waals surface area contributed by atoms with Gasteiger partial charge in [-0.15, -0.1) is 0 Å². The number of hydrogen-bond donors (Lipinski definition) is 1. The van der Waals surface area contributed by atoms with Gasteiger partial charge in [0.05, 0.1) is 25.7 Å². The van der Waals surface area contributed by atoms with Crippen LogP contribution in [0.5, 0.6) is 0 Å². The number of carbonyl (C=O) groups is 3. The summed E-state index contributed by atoms with van der Waals surface area (Å²) in [5.74, 6) is -6.90. The van der Waals surface area contributed by atoms with Crippen molar-refractivity contribution < 1.29 is 33.4 Å². The van der Waals surface area contributed by atoms with Crippen molar-refractivity contribution in [3.63, 3.8) is 0 Å². The Balaban J connectivity index is 2.68.